The third-order valence-corrected chi connectivity index (χ3v) is 3.96. The van der Waals surface area contributed by atoms with Crippen molar-refractivity contribution in [2.45, 2.75) is 19.8 Å². The SMILES string of the molecule is CC1CCN(CCNc2ccc(N)c(Cl)c2)CC1. The molecule has 0 aromatic heterocycles. The number of nitrogens with zero attached hydrogens (tertiary/aromatic N) is 1. The molecule has 0 atom stereocenters. The van der Waals surface area contributed by atoms with E-state index in [4.69, 9.17) is 17.3 Å². The van der Waals surface area contributed by atoms with Crippen molar-refractivity contribution in [2.75, 3.05) is 37.2 Å². The average Bonchev–Trinajstić information content (AvgIpc) is 2.36. The first kappa shape index (κ1) is 13.5. The van der Waals surface area contributed by atoms with Gasteiger partial charge in [0.25, 0.3) is 0 Å². The van der Waals surface area contributed by atoms with Crippen molar-refractivity contribution in [3.8, 4) is 0 Å². The highest BCUT2D eigenvalue weighted by Gasteiger charge is 2.14. The second kappa shape index (κ2) is 6.30. The van der Waals surface area contributed by atoms with Gasteiger partial charge in [-0.2, -0.15) is 0 Å². The summed E-state index contributed by atoms with van der Waals surface area (Å²) in [6.07, 6.45) is 2.65. The van der Waals surface area contributed by atoms with E-state index in [-0.39, 0.29) is 0 Å². The zero-order valence-electron chi connectivity index (χ0n) is 11.0. The van der Waals surface area contributed by atoms with Gasteiger partial charge in [-0.15, -0.1) is 0 Å². The van der Waals surface area contributed by atoms with Crippen LogP contribution in [0.2, 0.25) is 5.02 Å². The van der Waals surface area contributed by atoms with Crippen LogP contribution in [0, 0.1) is 5.92 Å². The molecule has 1 heterocycles. The molecule has 3 N–H and O–H groups in total. The summed E-state index contributed by atoms with van der Waals surface area (Å²) >= 11 is 5.98. The van der Waals surface area contributed by atoms with E-state index in [1.165, 1.54) is 25.9 Å². The molecule has 18 heavy (non-hydrogen) atoms. The van der Waals surface area contributed by atoms with Gasteiger partial charge in [0.2, 0.25) is 0 Å². The fourth-order valence-corrected chi connectivity index (χ4v) is 2.46. The molecule has 0 amide bonds. The summed E-state index contributed by atoms with van der Waals surface area (Å²) in [5, 5.41) is 4.01. The second-order valence-electron chi connectivity index (χ2n) is 5.19. The number of piperidine rings is 1. The van der Waals surface area contributed by atoms with E-state index in [2.05, 4.69) is 17.1 Å². The highest BCUT2D eigenvalue weighted by atomic mass is 35.5. The Kier molecular flexibility index (Phi) is 4.72. The van der Waals surface area contributed by atoms with Crippen LogP contribution < -0.4 is 11.1 Å². The van der Waals surface area contributed by atoms with Gasteiger partial charge >= 0.3 is 0 Å². The average molecular weight is 268 g/mol. The molecule has 3 nitrogen and oxygen atoms in total. The minimum Gasteiger partial charge on any atom is -0.398 e. The molecule has 0 unspecified atom stereocenters. The Labute approximate surface area is 114 Å². The van der Waals surface area contributed by atoms with E-state index in [1.54, 1.807) is 0 Å². The minimum atomic E-state index is 0.617. The van der Waals surface area contributed by atoms with Crippen molar-refractivity contribution < 1.29 is 0 Å². The van der Waals surface area contributed by atoms with Crippen LogP contribution in [-0.2, 0) is 0 Å². The number of anilines is 2. The lowest BCUT2D eigenvalue weighted by atomic mass is 9.99. The Balaban J connectivity index is 1.73. The summed E-state index contributed by atoms with van der Waals surface area (Å²) in [7, 11) is 0. The number of rotatable bonds is 4. The maximum Gasteiger partial charge on any atom is 0.0655 e. The topological polar surface area (TPSA) is 41.3 Å². The van der Waals surface area contributed by atoms with Gasteiger partial charge in [-0.05, 0) is 50.0 Å². The van der Waals surface area contributed by atoms with Gasteiger partial charge < -0.3 is 16.0 Å². The van der Waals surface area contributed by atoms with E-state index in [1.807, 2.05) is 18.2 Å². The molecule has 0 radical (unpaired) electrons. The fraction of sp³-hybridized carbons (Fsp3) is 0.571. The van der Waals surface area contributed by atoms with Gasteiger partial charge in [0, 0.05) is 18.8 Å². The van der Waals surface area contributed by atoms with Crippen molar-refractivity contribution >= 4 is 23.0 Å². The van der Waals surface area contributed by atoms with Crippen LogP contribution in [0.3, 0.4) is 0 Å². The summed E-state index contributed by atoms with van der Waals surface area (Å²) in [4.78, 5) is 2.52. The van der Waals surface area contributed by atoms with Crippen molar-refractivity contribution in [3.05, 3.63) is 23.2 Å². The normalized spacial score (nSPS) is 17.9. The van der Waals surface area contributed by atoms with Gasteiger partial charge in [0.05, 0.1) is 10.7 Å². The van der Waals surface area contributed by atoms with Crippen LogP contribution in [-0.4, -0.2) is 31.1 Å². The van der Waals surface area contributed by atoms with Crippen molar-refractivity contribution in [1.82, 2.24) is 4.90 Å². The molecule has 100 valence electrons. The summed E-state index contributed by atoms with van der Waals surface area (Å²) in [6.45, 7) is 6.84. The number of nitrogens with one attached hydrogen (secondary N) is 1. The van der Waals surface area contributed by atoms with Crippen LogP contribution in [0.1, 0.15) is 19.8 Å². The summed E-state index contributed by atoms with van der Waals surface area (Å²) in [5.41, 5.74) is 7.35. The third kappa shape index (κ3) is 3.79. The summed E-state index contributed by atoms with van der Waals surface area (Å²) in [5.74, 6) is 0.894. The molecule has 0 saturated carbocycles. The van der Waals surface area contributed by atoms with Crippen LogP contribution >= 0.6 is 11.6 Å². The van der Waals surface area contributed by atoms with E-state index in [0.717, 1.165) is 24.7 Å². The maximum atomic E-state index is 5.98. The van der Waals surface area contributed by atoms with Crippen LogP contribution in [0.5, 0.6) is 0 Å². The second-order valence-corrected chi connectivity index (χ2v) is 5.59. The first-order valence-corrected chi connectivity index (χ1v) is 7.04. The van der Waals surface area contributed by atoms with Gasteiger partial charge in [-0.1, -0.05) is 18.5 Å². The largest absolute Gasteiger partial charge is 0.398 e. The highest BCUT2D eigenvalue weighted by Crippen LogP contribution is 2.22. The Morgan fingerprint density at radius 3 is 2.78 bits per heavy atom. The van der Waals surface area contributed by atoms with Crippen molar-refractivity contribution in [3.63, 3.8) is 0 Å². The van der Waals surface area contributed by atoms with E-state index < -0.39 is 0 Å². The first-order valence-electron chi connectivity index (χ1n) is 6.66. The van der Waals surface area contributed by atoms with Crippen molar-refractivity contribution in [1.29, 1.82) is 0 Å². The van der Waals surface area contributed by atoms with Crippen LogP contribution in [0.25, 0.3) is 0 Å². The van der Waals surface area contributed by atoms with Crippen molar-refractivity contribution in [2.24, 2.45) is 5.92 Å². The summed E-state index contributed by atoms with van der Waals surface area (Å²) < 4.78 is 0. The molecular formula is C14H22ClN3. The monoisotopic (exact) mass is 267 g/mol. The number of benzene rings is 1. The number of nitrogens with two attached hydrogens (primary N) is 1. The number of hydrogen-bond donors (Lipinski definition) is 2. The predicted octanol–water partition coefficient (Wildman–Crippen LogP) is 3.07. The quantitative estimate of drug-likeness (QED) is 0.824. The van der Waals surface area contributed by atoms with E-state index in [0.29, 0.717) is 10.7 Å². The lowest BCUT2D eigenvalue weighted by Gasteiger charge is -2.30. The lowest BCUT2D eigenvalue weighted by Crippen LogP contribution is -2.36. The fourth-order valence-electron chi connectivity index (χ4n) is 2.28. The molecule has 4 heteroatoms. The Hall–Kier alpha value is -0.930. The molecule has 1 saturated heterocycles. The van der Waals surface area contributed by atoms with Gasteiger partial charge in [0.1, 0.15) is 0 Å². The van der Waals surface area contributed by atoms with Crippen LogP contribution in [0.4, 0.5) is 11.4 Å². The predicted molar refractivity (Wildman–Crippen MR) is 79.2 cm³/mol. The molecule has 2 rings (SSSR count). The highest BCUT2D eigenvalue weighted by molar-refractivity contribution is 6.33. The molecular weight excluding hydrogens is 246 g/mol. The molecule has 1 fully saturated rings. The zero-order valence-corrected chi connectivity index (χ0v) is 11.7. The summed E-state index contributed by atoms with van der Waals surface area (Å²) in [6, 6.07) is 5.70. The van der Waals surface area contributed by atoms with Gasteiger partial charge in [-0.25, -0.2) is 0 Å². The van der Waals surface area contributed by atoms with Gasteiger partial charge in [-0.3, -0.25) is 0 Å². The Morgan fingerprint density at radius 1 is 1.39 bits per heavy atom. The minimum absolute atomic E-state index is 0.617. The molecule has 0 aliphatic carbocycles. The number of hydrogen-bond acceptors (Lipinski definition) is 3. The molecule has 1 aliphatic heterocycles. The lowest BCUT2D eigenvalue weighted by molar-refractivity contribution is 0.199. The molecule has 0 bridgehead atoms. The molecule has 1 aliphatic rings. The zero-order chi connectivity index (χ0) is 13.0. The smallest absolute Gasteiger partial charge is 0.0655 e. The Bertz CT molecular complexity index is 387. The Morgan fingerprint density at radius 2 is 2.11 bits per heavy atom. The third-order valence-electron chi connectivity index (χ3n) is 3.63. The number of nitrogen functional groups attached to an aromatic ring is 1. The molecule has 1 aromatic rings. The number of likely N-dealkylation sites (tertiary alicyclic amines) is 1. The number of halogens is 1. The van der Waals surface area contributed by atoms with E-state index >= 15 is 0 Å². The van der Waals surface area contributed by atoms with E-state index in [9.17, 15) is 0 Å². The molecule has 1 aromatic carbocycles. The molecule has 0 spiro atoms. The van der Waals surface area contributed by atoms with Gasteiger partial charge in [0.15, 0.2) is 0 Å². The van der Waals surface area contributed by atoms with Crippen LogP contribution in [0.15, 0.2) is 18.2 Å². The maximum absolute atomic E-state index is 5.98. The first-order chi connectivity index (χ1) is 8.65. The standard InChI is InChI=1S/C14H22ClN3/c1-11-4-7-18(8-5-11)9-6-17-12-2-3-14(16)13(15)10-12/h2-3,10-11,17H,4-9,16H2,1H3.